The van der Waals surface area contributed by atoms with Crippen LogP contribution in [0.5, 0.6) is 0 Å². The highest BCUT2D eigenvalue weighted by atomic mass is 19.1. The zero-order chi connectivity index (χ0) is 10.3. The molecule has 0 N–H and O–H groups in total. The molecule has 1 aliphatic carbocycles. The molecule has 3 heteroatoms. The van der Waals surface area contributed by atoms with Gasteiger partial charge < -0.3 is 0 Å². The second-order valence-corrected chi connectivity index (χ2v) is 3.72. The predicted octanol–water partition coefficient (Wildman–Crippen LogP) is 2.87. The second-order valence-electron chi connectivity index (χ2n) is 3.72. The summed E-state index contributed by atoms with van der Waals surface area (Å²) in [6.45, 7) is 1.53. The Bertz CT molecular complexity index is 395. The van der Waals surface area contributed by atoms with Gasteiger partial charge in [-0.05, 0) is 31.4 Å². The number of carbonyl (C=O) groups excluding carboxylic acids is 1. The fraction of sp³-hybridized carbons (Fsp3) is 0.364. The molecule has 0 radical (unpaired) electrons. The van der Waals surface area contributed by atoms with Crippen LogP contribution in [-0.2, 0) is 0 Å². The first-order chi connectivity index (χ1) is 6.59. The minimum atomic E-state index is -0.745. The lowest BCUT2D eigenvalue weighted by Gasteiger charge is -2.03. The number of Topliss-reactive ketones (excluding diaryl/α,β-unsaturated/α-hetero) is 1. The van der Waals surface area contributed by atoms with Crippen LogP contribution in [-0.4, -0.2) is 5.78 Å². The number of hydrogen-bond donors (Lipinski definition) is 0. The van der Waals surface area contributed by atoms with Crippen molar-refractivity contribution in [2.45, 2.75) is 19.8 Å². The van der Waals surface area contributed by atoms with Gasteiger partial charge in [0.15, 0.2) is 5.78 Å². The van der Waals surface area contributed by atoms with E-state index in [0.717, 1.165) is 18.9 Å². The van der Waals surface area contributed by atoms with Gasteiger partial charge in [0.1, 0.15) is 11.6 Å². The third-order valence-corrected chi connectivity index (χ3v) is 2.46. The van der Waals surface area contributed by atoms with Crippen molar-refractivity contribution in [2.24, 2.45) is 5.92 Å². The fourth-order valence-corrected chi connectivity index (χ4v) is 1.41. The largest absolute Gasteiger partial charge is 0.294 e. The van der Waals surface area contributed by atoms with E-state index in [1.54, 1.807) is 0 Å². The Kier molecular flexibility index (Phi) is 2.10. The Balaban J connectivity index is 2.41. The summed E-state index contributed by atoms with van der Waals surface area (Å²) in [5.74, 6) is -1.57. The maximum absolute atomic E-state index is 13.2. The van der Waals surface area contributed by atoms with E-state index in [-0.39, 0.29) is 17.3 Å². The number of ketones is 1. The molecule has 0 atom stereocenters. The van der Waals surface area contributed by atoms with Crippen LogP contribution in [0.3, 0.4) is 0 Å². The van der Waals surface area contributed by atoms with Crippen LogP contribution in [0.25, 0.3) is 0 Å². The molecule has 1 nitrogen and oxygen atoms in total. The van der Waals surface area contributed by atoms with Crippen LogP contribution in [0, 0.1) is 24.5 Å². The third-order valence-electron chi connectivity index (χ3n) is 2.46. The Hall–Kier alpha value is -1.25. The van der Waals surface area contributed by atoms with E-state index in [0.29, 0.717) is 5.56 Å². The summed E-state index contributed by atoms with van der Waals surface area (Å²) in [5.41, 5.74) is 0.349. The molecule has 74 valence electrons. The van der Waals surface area contributed by atoms with Gasteiger partial charge in [-0.3, -0.25) is 4.79 Å². The molecule has 1 aromatic carbocycles. The quantitative estimate of drug-likeness (QED) is 0.665. The molecule has 1 saturated carbocycles. The molecule has 2 rings (SSSR count). The standard InChI is InChI=1S/C11H10F2O/c1-6-4-8(10(13)5-9(6)12)11(14)7-2-3-7/h4-5,7H,2-3H2,1H3. The first-order valence-electron chi connectivity index (χ1n) is 4.59. The summed E-state index contributed by atoms with van der Waals surface area (Å²) in [4.78, 5) is 11.5. The minimum absolute atomic E-state index is 0.0330. The summed E-state index contributed by atoms with van der Waals surface area (Å²) in [5, 5.41) is 0. The van der Waals surface area contributed by atoms with Gasteiger partial charge in [-0.15, -0.1) is 0 Å². The van der Waals surface area contributed by atoms with Crippen molar-refractivity contribution < 1.29 is 13.6 Å². The number of carbonyl (C=O) groups is 1. The highest BCUT2D eigenvalue weighted by Crippen LogP contribution is 2.33. The van der Waals surface area contributed by atoms with E-state index in [1.165, 1.54) is 13.0 Å². The smallest absolute Gasteiger partial charge is 0.168 e. The third kappa shape index (κ3) is 1.54. The molecule has 0 unspecified atom stereocenters. The minimum Gasteiger partial charge on any atom is -0.294 e. The SMILES string of the molecule is Cc1cc(C(=O)C2CC2)c(F)cc1F. The summed E-state index contributed by atoms with van der Waals surface area (Å²) >= 11 is 0. The van der Waals surface area contributed by atoms with Gasteiger partial charge in [-0.2, -0.15) is 0 Å². The Morgan fingerprint density at radius 1 is 1.29 bits per heavy atom. The Labute approximate surface area is 80.7 Å². The van der Waals surface area contributed by atoms with E-state index in [9.17, 15) is 13.6 Å². The van der Waals surface area contributed by atoms with Crippen molar-refractivity contribution in [1.29, 1.82) is 0 Å². The highest BCUT2D eigenvalue weighted by molar-refractivity contribution is 5.99. The van der Waals surface area contributed by atoms with Crippen molar-refractivity contribution >= 4 is 5.78 Å². The number of rotatable bonds is 2. The van der Waals surface area contributed by atoms with Crippen molar-refractivity contribution in [3.8, 4) is 0 Å². The van der Waals surface area contributed by atoms with E-state index in [4.69, 9.17) is 0 Å². The molecule has 0 aromatic heterocycles. The van der Waals surface area contributed by atoms with Crippen LogP contribution in [0.4, 0.5) is 8.78 Å². The van der Waals surface area contributed by atoms with Gasteiger partial charge in [0, 0.05) is 12.0 Å². The zero-order valence-electron chi connectivity index (χ0n) is 7.81. The van der Waals surface area contributed by atoms with E-state index in [2.05, 4.69) is 0 Å². The molecule has 14 heavy (non-hydrogen) atoms. The molecule has 0 amide bonds. The molecule has 1 aliphatic rings. The van der Waals surface area contributed by atoms with Gasteiger partial charge in [-0.1, -0.05) is 0 Å². The Morgan fingerprint density at radius 3 is 2.50 bits per heavy atom. The Morgan fingerprint density at radius 2 is 1.93 bits per heavy atom. The first-order valence-corrected chi connectivity index (χ1v) is 4.59. The number of benzene rings is 1. The first kappa shape index (κ1) is 9.31. The number of halogens is 2. The molecular formula is C11H10F2O. The summed E-state index contributed by atoms with van der Waals surface area (Å²) in [6.07, 6.45) is 1.66. The summed E-state index contributed by atoms with van der Waals surface area (Å²) in [6, 6.07) is 2.08. The molecule has 1 aromatic rings. The lowest BCUT2D eigenvalue weighted by atomic mass is 10.0. The van der Waals surface area contributed by atoms with Crippen LogP contribution < -0.4 is 0 Å². The van der Waals surface area contributed by atoms with Crippen molar-refractivity contribution in [1.82, 2.24) is 0 Å². The van der Waals surface area contributed by atoms with Crippen molar-refractivity contribution in [3.63, 3.8) is 0 Å². The molecule has 0 aliphatic heterocycles. The molecule has 0 spiro atoms. The summed E-state index contributed by atoms with van der Waals surface area (Å²) in [7, 11) is 0. The predicted molar refractivity (Wildman–Crippen MR) is 48.1 cm³/mol. The molecular weight excluding hydrogens is 186 g/mol. The van der Waals surface area contributed by atoms with Gasteiger partial charge in [0.25, 0.3) is 0 Å². The zero-order valence-corrected chi connectivity index (χ0v) is 7.81. The second kappa shape index (κ2) is 3.15. The highest BCUT2D eigenvalue weighted by Gasteiger charge is 2.32. The number of hydrogen-bond acceptors (Lipinski definition) is 1. The molecule has 0 saturated heterocycles. The average Bonchev–Trinajstić information content (AvgIpc) is 2.93. The van der Waals surface area contributed by atoms with Crippen LogP contribution >= 0.6 is 0 Å². The monoisotopic (exact) mass is 196 g/mol. The van der Waals surface area contributed by atoms with Gasteiger partial charge in [0.05, 0.1) is 5.56 Å². The molecule has 0 heterocycles. The van der Waals surface area contributed by atoms with E-state index < -0.39 is 11.6 Å². The van der Waals surface area contributed by atoms with Crippen LogP contribution in [0.1, 0.15) is 28.8 Å². The summed E-state index contributed by atoms with van der Waals surface area (Å²) < 4.78 is 26.1. The number of aryl methyl sites for hydroxylation is 1. The topological polar surface area (TPSA) is 17.1 Å². The van der Waals surface area contributed by atoms with Gasteiger partial charge in [0.2, 0.25) is 0 Å². The average molecular weight is 196 g/mol. The maximum Gasteiger partial charge on any atom is 0.168 e. The van der Waals surface area contributed by atoms with Gasteiger partial charge in [-0.25, -0.2) is 8.78 Å². The lowest BCUT2D eigenvalue weighted by molar-refractivity contribution is 0.0963. The van der Waals surface area contributed by atoms with Gasteiger partial charge >= 0.3 is 0 Å². The van der Waals surface area contributed by atoms with Crippen molar-refractivity contribution in [3.05, 3.63) is 34.9 Å². The van der Waals surface area contributed by atoms with E-state index in [1.807, 2.05) is 0 Å². The molecule has 0 bridgehead atoms. The molecule has 1 fully saturated rings. The van der Waals surface area contributed by atoms with Crippen LogP contribution in [0.2, 0.25) is 0 Å². The lowest BCUT2D eigenvalue weighted by Crippen LogP contribution is -2.05. The maximum atomic E-state index is 13.2. The van der Waals surface area contributed by atoms with Crippen molar-refractivity contribution in [2.75, 3.05) is 0 Å². The van der Waals surface area contributed by atoms with E-state index >= 15 is 0 Å². The fourth-order valence-electron chi connectivity index (χ4n) is 1.41. The normalized spacial score (nSPS) is 15.6. The van der Waals surface area contributed by atoms with Crippen LogP contribution in [0.15, 0.2) is 12.1 Å².